The van der Waals surface area contributed by atoms with Crippen LogP contribution in [0.5, 0.6) is 0 Å². The lowest BCUT2D eigenvalue weighted by molar-refractivity contribution is -0.121. The highest BCUT2D eigenvalue weighted by molar-refractivity contribution is 7.88. The van der Waals surface area contributed by atoms with Gasteiger partial charge in [-0.05, 0) is 25.0 Å². The number of hydrogen-bond acceptors (Lipinski definition) is 4. The first-order valence-corrected chi connectivity index (χ1v) is 10.6. The fourth-order valence-electron chi connectivity index (χ4n) is 2.84. The van der Waals surface area contributed by atoms with Crippen molar-refractivity contribution in [3.8, 4) is 0 Å². The summed E-state index contributed by atoms with van der Waals surface area (Å²) in [6.07, 6.45) is 7.14. The third-order valence-corrected chi connectivity index (χ3v) is 5.90. The average Bonchev–Trinajstić information content (AvgIpc) is 2.54. The zero-order valence-electron chi connectivity index (χ0n) is 13.9. The molecule has 1 aliphatic carbocycles. The van der Waals surface area contributed by atoms with Gasteiger partial charge in [-0.1, -0.05) is 48.5 Å². The van der Waals surface area contributed by atoms with Crippen molar-refractivity contribution >= 4 is 45.3 Å². The molecule has 1 aromatic rings. The molecule has 1 saturated carbocycles. The normalized spacial score (nSPS) is 16.5. The highest BCUT2D eigenvalue weighted by Gasteiger charge is 2.29. The molecular formula is C16H21Cl2N3O3S. The molecule has 1 aromatic carbocycles. The number of sulfonamides is 1. The van der Waals surface area contributed by atoms with Crippen LogP contribution in [0.4, 0.5) is 0 Å². The van der Waals surface area contributed by atoms with Crippen molar-refractivity contribution in [3.05, 3.63) is 33.8 Å². The highest BCUT2D eigenvalue weighted by Crippen LogP contribution is 2.24. The van der Waals surface area contributed by atoms with E-state index in [-0.39, 0.29) is 12.6 Å². The molecular weight excluding hydrogens is 385 g/mol. The number of nitrogens with one attached hydrogen (secondary N) is 1. The van der Waals surface area contributed by atoms with Crippen LogP contribution in [0.3, 0.4) is 0 Å². The molecule has 0 aromatic heterocycles. The van der Waals surface area contributed by atoms with Gasteiger partial charge in [-0.2, -0.15) is 9.41 Å². The molecule has 0 unspecified atom stereocenters. The largest absolute Gasteiger partial charge is 0.272 e. The standard InChI is InChI=1S/C16H21Cl2N3O3S/c1-25(23,24)21(14-5-3-2-4-6-14)11-16(22)20-19-10-12-7-8-13(17)9-15(12)18/h7-10,14H,2-6,11H2,1H3,(H,20,22). The van der Waals surface area contributed by atoms with Gasteiger partial charge < -0.3 is 0 Å². The molecule has 138 valence electrons. The minimum absolute atomic E-state index is 0.121. The molecule has 6 nitrogen and oxygen atoms in total. The monoisotopic (exact) mass is 405 g/mol. The van der Waals surface area contributed by atoms with Crippen molar-refractivity contribution < 1.29 is 13.2 Å². The van der Waals surface area contributed by atoms with Gasteiger partial charge in [0.2, 0.25) is 10.0 Å². The summed E-state index contributed by atoms with van der Waals surface area (Å²) >= 11 is 11.8. The molecule has 9 heteroatoms. The van der Waals surface area contributed by atoms with Gasteiger partial charge in [-0.25, -0.2) is 13.8 Å². The van der Waals surface area contributed by atoms with Crippen LogP contribution in [0.25, 0.3) is 0 Å². The number of carbonyl (C=O) groups is 1. The van der Waals surface area contributed by atoms with Crippen molar-refractivity contribution in [2.45, 2.75) is 38.1 Å². The first kappa shape index (κ1) is 20.2. The van der Waals surface area contributed by atoms with E-state index in [1.807, 2.05) is 0 Å². The summed E-state index contributed by atoms with van der Waals surface area (Å²) in [5.74, 6) is -0.489. The number of nitrogens with zero attached hydrogens (tertiary/aromatic N) is 2. The van der Waals surface area contributed by atoms with Gasteiger partial charge in [0.25, 0.3) is 5.91 Å². The summed E-state index contributed by atoms with van der Waals surface area (Å²) in [5, 5.41) is 4.75. The molecule has 25 heavy (non-hydrogen) atoms. The van der Waals surface area contributed by atoms with Crippen molar-refractivity contribution in [2.75, 3.05) is 12.8 Å². The predicted octanol–water partition coefficient (Wildman–Crippen LogP) is 3.04. The third kappa shape index (κ3) is 6.26. The Morgan fingerprint density at radius 1 is 1.32 bits per heavy atom. The van der Waals surface area contributed by atoms with Crippen molar-refractivity contribution in [1.29, 1.82) is 0 Å². The van der Waals surface area contributed by atoms with E-state index in [1.165, 1.54) is 10.5 Å². The number of amides is 1. The Kier molecular flexibility index (Phi) is 7.25. The molecule has 2 rings (SSSR count). The molecule has 0 spiro atoms. The number of hydrazone groups is 1. The maximum Gasteiger partial charge on any atom is 0.255 e. The van der Waals surface area contributed by atoms with E-state index in [0.717, 1.165) is 38.4 Å². The Bertz CT molecular complexity index is 747. The first-order chi connectivity index (χ1) is 11.8. The Morgan fingerprint density at radius 3 is 2.60 bits per heavy atom. The van der Waals surface area contributed by atoms with Gasteiger partial charge in [0.15, 0.2) is 0 Å². The smallest absolute Gasteiger partial charge is 0.255 e. The summed E-state index contributed by atoms with van der Waals surface area (Å²) in [5.41, 5.74) is 2.94. The number of halogens is 2. The Labute approximate surface area is 158 Å². The SMILES string of the molecule is CS(=O)(=O)N(CC(=O)NN=Cc1ccc(Cl)cc1Cl)C1CCCCC1. The zero-order chi connectivity index (χ0) is 18.4. The topological polar surface area (TPSA) is 78.8 Å². The van der Waals surface area contributed by atoms with Crippen LogP contribution in [0.15, 0.2) is 23.3 Å². The molecule has 0 heterocycles. The van der Waals surface area contributed by atoms with Gasteiger partial charge >= 0.3 is 0 Å². The van der Waals surface area contributed by atoms with Crippen LogP contribution < -0.4 is 5.43 Å². The number of rotatable bonds is 6. The lowest BCUT2D eigenvalue weighted by atomic mass is 9.95. The summed E-state index contributed by atoms with van der Waals surface area (Å²) in [6, 6.07) is 4.78. The lowest BCUT2D eigenvalue weighted by Gasteiger charge is -2.31. The summed E-state index contributed by atoms with van der Waals surface area (Å²) in [7, 11) is -3.46. The van der Waals surface area contributed by atoms with Crippen LogP contribution in [-0.4, -0.2) is 43.7 Å². The third-order valence-electron chi connectivity index (χ3n) is 4.06. The fourth-order valence-corrected chi connectivity index (χ4v) is 4.40. The van der Waals surface area contributed by atoms with E-state index in [0.29, 0.717) is 15.6 Å². The quantitative estimate of drug-likeness (QED) is 0.583. The molecule has 0 aliphatic heterocycles. The molecule has 1 aliphatic rings. The average molecular weight is 406 g/mol. The summed E-state index contributed by atoms with van der Waals surface area (Å²) in [4.78, 5) is 12.1. The predicted molar refractivity (Wildman–Crippen MR) is 101 cm³/mol. The second kappa shape index (κ2) is 8.98. The minimum atomic E-state index is -3.46. The molecule has 0 atom stereocenters. The molecule has 0 radical (unpaired) electrons. The van der Waals surface area contributed by atoms with Crippen molar-refractivity contribution in [3.63, 3.8) is 0 Å². The van der Waals surface area contributed by atoms with Crippen LogP contribution in [-0.2, 0) is 14.8 Å². The van der Waals surface area contributed by atoms with E-state index >= 15 is 0 Å². The van der Waals surface area contributed by atoms with Crippen LogP contribution in [0, 0.1) is 0 Å². The fraction of sp³-hybridized carbons (Fsp3) is 0.500. The van der Waals surface area contributed by atoms with Crippen LogP contribution in [0.2, 0.25) is 10.0 Å². The summed E-state index contributed by atoms with van der Waals surface area (Å²) < 4.78 is 25.3. The van der Waals surface area contributed by atoms with Crippen LogP contribution in [0.1, 0.15) is 37.7 Å². The number of hydrogen-bond donors (Lipinski definition) is 1. The van der Waals surface area contributed by atoms with E-state index in [4.69, 9.17) is 23.2 Å². The van der Waals surface area contributed by atoms with Gasteiger partial charge in [-0.3, -0.25) is 4.79 Å². The van der Waals surface area contributed by atoms with Crippen LogP contribution >= 0.6 is 23.2 Å². The van der Waals surface area contributed by atoms with Gasteiger partial charge in [0.1, 0.15) is 0 Å². The molecule has 1 N–H and O–H groups in total. The number of carbonyl (C=O) groups excluding carboxylic acids is 1. The van der Waals surface area contributed by atoms with Gasteiger partial charge in [0, 0.05) is 16.6 Å². The van der Waals surface area contributed by atoms with E-state index < -0.39 is 15.9 Å². The Balaban J connectivity index is 1.97. The Morgan fingerprint density at radius 2 is 2.00 bits per heavy atom. The Hall–Kier alpha value is -1.15. The second-order valence-electron chi connectivity index (χ2n) is 6.06. The summed E-state index contributed by atoms with van der Waals surface area (Å²) in [6.45, 7) is -0.241. The lowest BCUT2D eigenvalue weighted by Crippen LogP contribution is -2.45. The second-order valence-corrected chi connectivity index (χ2v) is 8.84. The number of benzene rings is 1. The van der Waals surface area contributed by atoms with E-state index in [1.54, 1.807) is 18.2 Å². The maximum absolute atomic E-state index is 12.1. The maximum atomic E-state index is 12.1. The van der Waals surface area contributed by atoms with Gasteiger partial charge in [0.05, 0.1) is 24.0 Å². The molecule has 1 amide bonds. The van der Waals surface area contributed by atoms with Crippen molar-refractivity contribution in [1.82, 2.24) is 9.73 Å². The molecule has 0 bridgehead atoms. The van der Waals surface area contributed by atoms with E-state index in [9.17, 15) is 13.2 Å². The minimum Gasteiger partial charge on any atom is -0.272 e. The highest BCUT2D eigenvalue weighted by atomic mass is 35.5. The van der Waals surface area contributed by atoms with E-state index in [2.05, 4.69) is 10.5 Å². The molecule has 0 saturated heterocycles. The first-order valence-electron chi connectivity index (χ1n) is 8.01. The van der Waals surface area contributed by atoms with Gasteiger partial charge in [-0.15, -0.1) is 0 Å². The zero-order valence-corrected chi connectivity index (χ0v) is 16.2. The van der Waals surface area contributed by atoms with Crippen molar-refractivity contribution in [2.24, 2.45) is 5.10 Å². The molecule has 1 fully saturated rings.